The average molecular weight is 272 g/mol. The molecule has 1 nitrogen and oxygen atoms in total. The molecule has 19 heavy (non-hydrogen) atoms. The molecule has 0 aliphatic heterocycles. The number of hydrogen-bond donors (Lipinski definition) is 1. The Morgan fingerprint density at radius 1 is 1.00 bits per heavy atom. The van der Waals surface area contributed by atoms with E-state index in [4.69, 9.17) is 11.6 Å². The molecule has 1 aliphatic rings. The van der Waals surface area contributed by atoms with E-state index in [0.29, 0.717) is 5.41 Å². The molecule has 0 atom stereocenters. The number of nitrogens with one attached hydrogen (secondary N) is 1. The van der Waals surface area contributed by atoms with Crippen LogP contribution in [0.15, 0.2) is 42.5 Å². The number of anilines is 2. The third-order valence-corrected chi connectivity index (χ3v) is 4.52. The quantitative estimate of drug-likeness (QED) is 0.783. The van der Waals surface area contributed by atoms with Crippen LogP contribution in [0, 0.1) is 6.92 Å². The Hall–Kier alpha value is -1.47. The topological polar surface area (TPSA) is 12.0 Å². The first-order chi connectivity index (χ1) is 9.10. The third kappa shape index (κ3) is 2.35. The fourth-order valence-electron chi connectivity index (χ4n) is 2.46. The predicted octanol–water partition coefficient (Wildman–Crippen LogP) is 5.44. The molecule has 2 heteroatoms. The van der Waals surface area contributed by atoms with E-state index < -0.39 is 0 Å². The molecule has 98 valence electrons. The first-order valence-corrected chi connectivity index (χ1v) is 7.10. The largest absolute Gasteiger partial charge is 0.355 e. The van der Waals surface area contributed by atoms with Crippen molar-refractivity contribution in [3.8, 4) is 0 Å². The molecule has 0 radical (unpaired) electrons. The molecule has 0 spiro atoms. The van der Waals surface area contributed by atoms with Gasteiger partial charge in [-0.2, -0.15) is 0 Å². The van der Waals surface area contributed by atoms with Gasteiger partial charge < -0.3 is 5.32 Å². The van der Waals surface area contributed by atoms with Crippen molar-refractivity contribution in [2.45, 2.75) is 32.1 Å². The maximum absolute atomic E-state index is 6.18. The molecule has 1 fully saturated rings. The maximum atomic E-state index is 6.18. The first kappa shape index (κ1) is 12.6. The van der Waals surface area contributed by atoms with Crippen LogP contribution in [0.2, 0.25) is 5.02 Å². The van der Waals surface area contributed by atoms with E-state index >= 15 is 0 Å². The molecule has 1 saturated carbocycles. The SMILES string of the molecule is Cc1c(Cl)cccc1Nc1ccccc1C1(C)CC1. The van der Waals surface area contributed by atoms with Crippen molar-refractivity contribution < 1.29 is 0 Å². The summed E-state index contributed by atoms with van der Waals surface area (Å²) in [5.74, 6) is 0. The highest BCUT2D eigenvalue weighted by Gasteiger charge is 2.40. The maximum Gasteiger partial charge on any atom is 0.0455 e. The van der Waals surface area contributed by atoms with Crippen LogP contribution in [0.4, 0.5) is 11.4 Å². The minimum Gasteiger partial charge on any atom is -0.355 e. The molecule has 0 unspecified atom stereocenters. The van der Waals surface area contributed by atoms with Gasteiger partial charge in [-0.25, -0.2) is 0 Å². The number of hydrogen-bond acceptors (Lipinski definition) is 1. The second-order valence-electron chi connectivity index (χ2n) is 5.64. The summed E-state index contributed by atoms with van der Waals surface area (Å²) in [6, 6.07) is 14.6. The van der Waals surface area contributed by atoms with E-state index in [1.165, 1.54) is 24.1 Å². The second-order valence-corrected chi connectivity index (χ2v) is 6.05. The highest BCUT2D eigenvalue weighted by molar-refractivity contribution is 6.31. The first-order valence-electron chi connectivity index (χ1n) is 6.72. The summed E-state index contributed by atoms with van der Waals surface area (Å²) in [6.45, 7) is 4.38. The third-order valence-electron chi connectivity index (χ3n) is 4.11. The zero-order valence-corrected chi connectivity index (χ0v) is 12.1. The normalized spacial score (nSPS) is 16.2. The molecule has 2 aromatic carbocycles. The van der Waals surface area contributed by atoms with Gasteiger partial charge >= 0.3 is 0 Å². The van der Waals surface area contributed by atoms with Gasteiger partial charge in [-0.1, -0.05) is 42.8 Å². The Morgan fingerprint density at radius 3 is 2.42 bits per heavy atom. The van der Waals surface area contributed by atoms with E-state index in [2.05, 4.69) is 42.6 Å². The molecule has 3 rings (SSSR count). The number of benzene rings is 2. The Balaban J connectivity index is 1.98. The van der Waals surface area contributed by atoms with Crippen molar-refractivity contribution in [3.05, 3.63) is 58.6 Å². The van der Waals surface area contributed by atoms with Gasteiger partial charge in [-0.3, -0.25) is 0 Å². The van der Waals surface area contributed by atoms with E-state index in [0.717, 1.165) is 16.3 Å². The minimum absolute atomic E-state index is 0.357. The summed E-state index contributed by atoms with van der Waals surface area (Å²) in [5.41, 5.74) is 5.15. The second kappa shape index (κ2) is 4.57. The van der Waals surface area contributed by atoms with Crippen LogP contribution in [0.1, 0.15) is 30.9 Å². The molecule has 0 bridgehead atoms. The Morgan fingerprint density at radius 2 is 1.68 bits per heavy atom. The average Bonchev–Trinajstić information content (AvgIpc) is 3.15. The van der Waals surface area contributed by atoms with Crippen LogP contribution >= 0.6 is 11.6 Å². The number of halogens is 1. The van der Waals surface area contributed by atoms with Crippen LogP contribution in [0.5, 0.6) is 0 Å². The van der Waals surface area contributed by atoms with Crippen molar-refractivity contribution in [1.82, 2.24) is 0 Å². The van der Waals surface area contributed by atoms with Gasteiger partial charge in [0.15, 0.2) is 0 Å². The Labute approximate surface area is 119 Å². The fourth-order valence-corrected chi connectivity index (χ4v) is 2.64. The Kier molecular flexibility index (Phi) is 3.02. The van der Waals surface area contributed by atoms with Crippen molar-refractivity contribution in [1.29, 1.82) is 0 Å². The van der Waals surface area contributed by atoms with Crippen molar-refractivity contribution >= 4 is 23.0 Å². The van der Waals surface area contributed by atoms with E-state index in [1.54, 1.807) is 0 Å². The van der Waals surface area contributed by atoms with Crippen molar-refractivity contribution in [2.24, 2.45) is 0 Å². The van der Waals surface area contributed by atoms with Crippen molar-refractivity contribution in [3.63, 3.8) is 0 Å². The summed E-state index contributed by atoms with van der Waals surface area (Å²) in [6.07, 6.45) is 2.56. The van der Waals surface area contributed by atoms with Gasteiger partial charge in [-0.15, -0.1) is 0 Å². The van der Waals surface area contributed by atoms with E-state index in [9.17, 15) is 0 Å². The highest BCUT2D eigenvalue weighted by Crippen LogP contribution is 2.50. The number of rotatable bonds is 3. The number of para-hydroxylation sites is 1. The van der Waals surface area contributed by atoms with E-state index in [1.807, 2.05) is 19.1 Å². The van der Waals surface area contributed by atoms with E-state index in [-0.39, 0.29) is 0 Å². The molecular weight excluding hydrogens is 254 g/mol. The summed E-state index contributed by atoms with van der Waals surface area (Å²) in [5, 5.41) is 4.35. The van der Waals surface area contributed by atoms with Gasteiger partial charge in [0.2, 0.25) is 0 Å². The molecule has 0 amide bonds. The lowest BCUT2D eigenvalue weighted by Gasteiger charge is -2.18. The lowest BCUT2D eigenvalue weighted by Crippen LogP contribution is -2.05. The van der Waals surface area contributed by atoms with Gasteiger partial charge in [0.1, 0.15) is 0 Å². The molecular formula is C17H18ClN. The molecule has 0 aromatic heterocycles. The van der Waals surface area contributed by atoms with Gasteiger partial charge in [-0.05, 0) is 54.5 Å². The predicted molar refractivity (Wildman–Crippen MR) is 82.5 cm³/mol. The van der Waals surface area contributed by atoms with Crippen LogP contribution < -0.4 is 5.32 Å². The smallest absolute Gasteiger partial charge is 0.0455 e. The summed E-state index contributed by atoms with van der Waals surface area (Å²) < 4.78 is 0. The van der Waals surface area contributed by atoms with Crippen LogP contribution in [-0.4, -0.2) is 0 Å². The lowest BCUT2D eigenvalue weighted by molar-refractivity contribution is 0.790. The monoisotopic (exact) mass is 271 g/mol. The summed E-state index contributed by atoms with van der Waals surface area (Å²) in [7, 11) is 0. The van der Waals surface area contributed by atoms with Gasteiger partial charge in [0, 0.05) is 16.4 Å². The minimum atomic E-state index is 0.357. The standard InChI is InChI=1S/C17H18ClN/c1-12-14(18)7-5-9-15(12)19-16-8-4-3-6-13(16)17(2)10-11-17/h3-9,19H,10-11H2,1-2H3. The van der Waals surface area contributed by atoms with Crippen molar-refractivity contribution in [2.75, 3.05) is 5.32 Å². The lowest BCUT2D eigenvalue weighted by atomic mass is 9.96. The van der Waals surface area contributed by atoms with Gasteiger partial charge in [0.05, 0.1) is 0 Å². The van der Waals surface area contributed by atoms with Gasteiger partial charge in [0.25, 0.3) is 0 Å². The molecule has 1 aliphatic carbocycles. The molecule has 0 heterocycles. The summed E-state index contributed by atoms with van der Waals surface area (Å²) >= 11 is 6.18. The molecule has 0 saturated heterocycles. The zero-order valence-electron chi connectivity index (χ0n) is 11.3. The van der Waals surface area contributed by atoms with Crippen LogP contribution in [0.3, 0.4) is 0 Å². The zero-order chi connectivity index (χ0) is 13.5. The fraction of sp³-hybridized carbons (Fsp3) is 0.294. The van der Waals surface area contributed by atoms with Crippen LogP contribution in [-0.2, 0) is 5.41 Å². The highest BCUT2D eigenvalue weighted by atomic mass is 35.5. The summed E-state index contributed by atoms with van der Waals surface area (Å²) in [4.78, 5) is 0. The molecule has 2 aromatic rings. The van der Waals surface area contributed by atoms with Crippen LogP contribution in [0.25, 0.3) is 0 Å². The Bertz CT molecular complexity index is 614. The molecule has 1 N–H and O–H groups in total.